The average Bonchev–Trinajstić information content (AvgIpc) is 3.14. The number of nitrogens with zero attached hydrogens (tertiary/aromatic N) is 2. The number of hydrogen-bond donors (Lipinski definition) is 0. The lowest BCUT2D eigenvalue weighted by molar-refractivity contribution is -0.348. The molecule has 32 heavy (non-hydrogen) atoms. The Labute approximate surface area is 190 Å². The maximum Gasteiger partial charge on any atom is 0.435 e. The minimum absolute atomic E-state index is 0.177. The number of benzene rings is 2. The van der Waals surface area contributed by atoms with Crippen LogP contribution in [0.3, 0.4) is 0 Å². The number of halogens is 10. The van der Waals surface area contributed by atoms with Crippen molar-refractivity contribution in [3.63, 3.8) is 0 Å². The fraction of sp³-hybridized carbons (Fsp3) is 0.158. The van der Waals surface area contributed by atoms with Crippen molar-refractivity contribution in [3.05, 3.63) is 68.9 Å². The molecule has 1 heterocycles. The van der Waals surface area contributed by atoms with Crippen LogP contribution in [0.25, 0.3) is 16.8 Å². The van der Waals surface area contributed by atoms with Gasteiger partial charge in [0.15, 0.2) is 6.29 Å². The van der Waals surface area contributed by atoms with Crippen molar-refractivity contribution >= 4 is 41.1 Å². The predicted molar refractivity (Wildman–Crippen MR) is 104 cm³/mol. The molecule has 1 aromatic heterocycles. The van der Waals surface area contributed by atoms with Crippen molar-refractivity contribution in [1.29, 1.82) is 0 Å². The summed E-state index contributed by atoms with van der Waals surface area (Å²) >= 11 is 17.6. The molecule has 0 aliphatic carbocycles. The molecule has 3 nitrogen and oxygen atoms in total. The fourth-order valence-electron chi connectivity index (χ4n) is 2.88. The second-order valence-electron chi connectivity index (χ2n) is 6.47. The van der Waals surface area contributed by atoms with E-state index in [1.165, 1.54) is 24.5 Å². The maximum atomic E-state index is 14.3. The number of carbonyl (C=O) groups is 1. The second-order valence-corrected chi connectivity index (χ2v) is 7.69. The van der Waals surface area contributed by atoms with Crippen LogP contribution in [0.2, 0.25) is 15.1 Å². The SMILES string of the molecule is O=Cc1cc(-c2cnn(-c3c(Cl)cc(C(F)(C(F)(F)F)C(F)(F)F)cc3Cl)c2)ccc1Cl. The zero-order valence-electron chi connectivity index (χ0n) is 15.2. The number of hydrogen-bond acceptors (Lipinski definition) is 2. The van der Waals surface area contributed by atoms with Gasteiger partial charge in [0.1, 0.15) is 5.69 Å². The molecular weight excluding hydrogens is 512 g/mol. The maximum absolute atomic E-state index is 14.3. The molecule has 0 N–H and O–H groups in total. The van der Waals surface area contributed by atoms with Gasteiger partial charge in [0.2, 0.25) is 0 Å². The number of aromatic nitrogens is 2. The number of alkyl halides is 7. The van der Waals surface area contributed by atoms with Crippen molar-refractivity contribution in [2.45, 2.75) is 18.0 Å². The number of rotatable bonds is 4. The lowest BCUT2D eigenvalue weighted by Crippen LogP contribution is -2.50. The summed E-state index contributed by atoms with van der Waals surface area (Å²) in [5.41, 5.74) is -6.74. The van der Waals surface area contributed by atoms with Gasteiger partial charge < -0.3 is 0 Å². The lowest BCUT2D eigenvalue weighted by Gasteiger charge is -2.30. The van der Waals surface area contributed by atoms with Crippen molar-refractivity contribution in [2.75, 3.05) is 0 Å². The summed E-state index contributed by atoms with van der Waals surface area (Å²) in [6.07, 6.45) is -9.52. The van der Waals surface area contributed by atoms with Crippen LogP contribution in [0.5, 0.6) is 0 Å². The van der Waals surface area contributed by atoms with Crippen LogP contribution in [0, 0.1) is 0 Å². The van der Waals surface area contributed by atoms with E-state index in [-0.39, 0.29) is 28.4 Å². The molecule has 0 atom stereocenters. The van der Waals surface area contributed by atoms with E-state index in [1.807, 2.05) is 0 Å². The van der Waals surface area contributed by atoms with E-state index in [0.717, 1.165) is 4.68 Å². The van der Waals surface area contributed by atoms with E-state index < -0.39 is 33.6 Å². The highest BCUT2D eigenvalue weighted by atomic mass is 35.5. The summed E-state index contributed by atoms with van der Waals surface area (Å²) in [6.45, 7) is 0. The quantitative estimate of drug-likeness (QED) is 0.263. The molecule has 3 aromatic rings. The first-order valence-electron chi connectivity index (χ1n) is 8.32. The zero-order valence-corrected chi connectivity index (χ0v) is 17.5. The summed E-state index contributed by atoms with van der Waals surface area (Å²) in [4.78, 5) is 11.0. The molecule has 0 spiro atoms. The van der Waals surface area contributed by atoms with Crippen LogP contribution in [0.15, 0.2) is 42.7 Å². The topological polar surface area (TPSA) is 34.9 Å². The molecule has 0 aliphatic rings. The van der Waals surface area contributed by atoms with Crippen LogP contribution in [0.1, 0.15) is 15.9 Å². The molecule has 0 amide bonds. The molecule has 0 fully saturated rings. The van der Waals surface area contributed by atoms with E-state index in [9.17, 15) is 35.5 Å². The Morgan fingerprint density at radius 1 is 0.812 bits per heavy atom. The van der Waals surface area contributed by atoms with Crippen LogP contribution in [0.4, 0.5) is 30.7 Å². The fourth-order valence-corrected chi connectivity index (χ4v) is 3.70. The van der Waals surface area contributed by atoms with Gasteiger partial charge in [0.25, 0.3) is 0 Å². The van der Waals surface area contributed by atoms with Gasteiger partial charge in [-0.15, -0.1) is 0 Å². The molecule has 0 unspecified atom stereocenters. The molecule has 2 aromatic carbocycles. The summed E-state index contributed by atoms with van der Waals surface area (Å²) in [7, 11) is 0. The normalized spacial score (nSPS) is 12.8. The Morgan fingerprint density at radius 2 is 1.38 bits per heavy atom. The first-order valence-corrected chi connectivity index (χ1v) is 9.46. The van der Waals surface area contributed by atoms with E-state index in [0.29, 0.717) is 17.4 Å². The largest absolute Gasteiger partial charge is 0.435 e. The molecule has 0 aliphatic heterocycles. The van der Waals surface area contributed by atoms with Crippen LogP contribution in [-0.4, -0.2) is 28.4 Å². The number of aldehydes is 1. The molecule has 3 rings (SSSR count). The predicted octanol–water partition coefficient (Wildman–Crippen LogP) is 7.60. The monoisotopic (exact) mass is 518 g/mol. The molecule has 0 radical (unpaired) electrons. The molecule has 0 bridgehead atoms. The Kier molecular flexibility index (Phi) is 6.27. The molecule has 0 saturated carbocycles. The van der Waals surface area contributed by atoms with Crippen molar-refractivity contribution in [2.24, 2.45) is 0 Å². The first kappa shape index (κ1) is 24.3. The van der Waals surface area contributed by atoms with Gasteiger partial charge in [0, 0.05) is 22.9 Å². The summed E-state index contributed by atoms with van der Waals surface area (Å²) in [5.74, 6) is 0. The Hall–Kier alpha value is -2.30. The molecule has 0 saturated heterocycles. The molecular formula is C19H8Cl3F7N2O. The highest BCUT2D eigenvalue weighted by molar-refractivity contribution is 6.38. The lowest BCUT2D eigenvalue weighted by atomic mass is 9.94. The third kappa shape index (κ3) is 4.06. The highest BCUT2D eigenvalue weighted by Gasteiger charge is 2.73. The van der Waals surface area contributed by atoms with E-state index in [4.69, 9.17) is 34.8 Å². The number of carbonyl (C=O) groups excluding carboxylic acids is 1. The van der Waals surface area contributed by atoms with Gasteiger partial charge >= 0.3 is 18.0 Å². The minimum atomic E-state index is -6.32. The smallest absolute Gasteiger partial charge is 0.298 e. The average molecular weight is 520 g/mol. The summed E-state index contributed by atoms with van der Waals surface area (Å²) in [6, 6.07) is 4.82. The van der Waals surface area contributed by atoms with Crippen LogP contribution < -0.4 is 0 Å². The summed E-state index contributed by atoms with van der Waals surface area (Å²) < 4.78 is 93.4. The van der Waals surface area contributed by atoms with Gasteiger partial charge in [-0.1, -0.05) is 40.9 Å². The Bertz CT molecular complexity index is 1150. The van der Waals surface area contributed by atoms with Crippen molar-refractivity contribution < 1.29 is 35.5 Å². The molecule has 13 heteroatoms. The minimum Gasteiger partial charge on any atom is -0.298 e. The van der Waals surface area contributed by atoms with Gasteiger partial charge in [-0.05, 0) is 29.8 Å². The first-order chi connectivity index (χ1) is 14.7. The zero-order chi connectivity index (χ0) is 24.1. The van der Waals surface area contributed by atoms with Crippen molar-refractivity contribution in [1.82, 2.24) is 9.78 Å². The van der Waals surface area contributed by atoms with Crippen LogP contribution in [-0.2, 0) is 5.67 Å². The second kappa shape index (κ2) is 8.24. The standard InChI is InChI=1S/C19H8Cl3F7N2O/c20-13-2-1-9(3-10(13)8-32)11-6-30-31(7-11)16-14(21)4-12(5-15(16)22)17(23,18(24,25)26)19(27,28)29/h1-8H. The van der Waals surface area contributed by atoms with E-state index in [1.54, 1.807) is 6.07 Å². The highest BCUT2D eigenvalue weighted by Crippen LogP contribution is 2.54. The van der Waals surface area contributed by atoms with Crippen LogP contribution >= 0.6 is 34.8 Å². The van der Waals surface area contributed by atoms with E-state index in [2.05, 4.69) is 5.10 Å². The van der Waals surface area contributed by atoms with Gasteiger partial charge in [-0.3, -0.25) is 4.79 Å². The van der Waals surface area contributed by atoms with Gasteiger partial charge in [-0.25, -0.2) is 9.07 Å². The van der Waals surface area contributed by atoms with Gasteiger partial charge in [0.05, 0.1) is 21.3 Å². The third-order valence-corrected chi connectivity index (χ3v) is 5.38. The Balaban J connectivity index is 2.10. The third-order valence-electron chi connectivity index (χ3n) is 4.46. The molecule has 170 valence electrons. The Morgan fingerprint density at radius 3 is 1.88 bits per heavy atom. The van der Waals surface area contributed by atoms with E-state index >= 15 is 0 Å². The summed E-state index contributed by atoms with van der Waals surface area (Å²) in [5, 5.41) is 2.72. The van der Waals surface area contributed by atoms with Gasteiger partial charge in [-0.2, -0.15) is 31.4 Å². The van der Waals surface area contributed by atoms with Crippen molar-refractivity contribution in [3.8, 4) is 16.8 Å².